The molecule has 2 atom stereocenters. The molecule has 0 aliphatic rings. The van der Waals surface area contributed by atoms with Crippen molar-refractivity contribution in [2.75, 3.05) is 6.54 Å². The summed E-state index contributed by atoms with van der Waals surface area (Å²) in [4.78, 5) is 0. The second-order valence-electron chi connectivity index (χ2n) is 5.84. The van der Waals surface area contributed by atoms with Crippen molar-refractivity contribution in [1.82, 2.24) is 5.32 Å². The molecule has 0 spiro atoms. The van der Waals surface area contributed by atoms with Crippen LogP contribution in [0.3, 0.4) is 0 Å². The van der Waals surface area contributed by atoms with Crippen molar-refractivity contribution in [3.05, 3.63) is 0 Å². The first-order valence-corrected chi connectivity index (χ1v) is 6.66. The van der Waals surface area contributed by atoms with Crippen LogP contribution in [0.2, 0.25) is 0 Å². The van der Waals surface area contributed by atoms with Gasteiger partial charge >= 0.3 is 0 Å². The number of rotatable bonds is 8. The maximum absolute atomic E-state index is 3.53. The van der Waals surface area contributed by atoms with E-state index in [-0.39, 0.29) is 0 Å². The van der Waals surface area contributed by atoms with E-state index in [0.29, 0.717) is 6.04 Å². The fraction of sp³-hybridized carbons (Fsp3) is 1.00. The van der Waals surface area contributed by atoms with E-state index in [1.165, 1.54) is 25.8 Å². The van der Waals surface area contributed by atoms with Gasteiger partial charge in [-0.1, -0.05) is 60.8 Å². The van der Waals surface area contributed by atoms with Gasteiger partial charge in [0.05, 0.1) is 0 Å². The molecule has 0 fully saturated rings. The zero-order chi connectivity index (χ0) is 11.8. The third kappa shape index (κ3) is 8.92. The van der Waals surface area contributed by atoms with Gasteiger partial charge in [-0.15, -0.1) is 0 Å². The van der Waals surface area contributed by atoms with Crippen molar-refractivity contribution in [3.8, 4) is 0 Å². The van der Waals surface area contributed by atoms with Gasteiger partial charge in [0, 0.05) is 6.04 Å². The zero-order valence-corrected chi connectivity index (χ0v) is 11.6. The summed E-state index contributed by atoms with van der Waals surface area (Å²) in [6.07, 6.45) is 4.17. The van der Waals surface area contributed by atoms with E-state index in [9.17, 15) is 0 Å². The van der Waals surface area contributed by atoms with Crippen LogP contribution in [0.5, 0.6) is 0 Å². The average molecular weight is 213 g/mol. The summed E-state index contributed by atoms with van der Waals surface area (Å²) in [6.45, 7) is 15.0. The standard InChI is InChI=1S/C14H31N/c1-11(2)8-7-9-13(5)14(6)10-15-12(3)4/h11-15H,7-10H2,1-6H3. The highest BCUT2D eigenvalue weighted by molar-refractivity contribution is 4.66. The molecule has 0 aromatic carbocycles. The van der Waals surface area contributed by atoms with E-state index in [2.05, 4.69) is 46.9 Å². The Labute approximate surface area is 97.0 Å². The molecule has 0 aromatic rings. The molecule has 0 saturated carbocycles. The maximum atomic E-state index is 3.53. The van der Waals surface area contributed by atoms with E-state index in [1.807, 2.05) is 0 Å². The maximum Gasteiger partial charge on any atom is 0.00104 e. The van der Waals surface area contributed by atoms with Crippen LogP contribution in [-0.4, -0.2) is 12.6 Å². The third-order valence-electron chi connectivity index (χ3n) is 3.26. The van der Waals surface area contributed by atoms with E-state index < -0.39 is 0 Å². The molecule has 0 heterocycles. The molecule has 0 aromatic heterocycles. The van der Waals surface area contributed by atoms with Crippen LogP contribution in [0.1, 0.15) is 60.8 Å². The Morgan fingerprint density at radius 3 is 1.87 bits per heavy atom. The number of hydrogen-bond donors (Lipinski definition) is 1. The van der Waals surface area contributed by atoms with Crippen molar-refractivity contribution in [1.29, 1.82) is 0 Å². The predicted octanol–water partition coefficient (Wildman–Crippen LogP) is 4.08. The lowest BCUT2D eigenvalue weighted by Crippen LogP contribution is -2.30. The predicted molar refractivity (Wildman–Crippen MR) is 70.2 cm³/mol. The average Bonchev–Trinajstić information content (AvgIpc) is 2.13. The SMILES string of the molecule is CC(C)CCCC(C)C(C)CNC(C)C. The molecule has 15 heavy (non-hydrogen) atoms. The summed E-state index contributed by atoms with van der Waals surface area (Å²) in [5, 5.41) is 3.53. The van der Waals surface area contributed by atoms with Gasteiger partial charge in [0.15, 0.2) is 0 Å². The third-order valence-corrected chi connectivity index (χ3v) is 3.26. The first-order chi connectivity index (χ1) is 6.93. The van der Waals surface area contributed by atoms with Crippen LogP contribution in [0.4, 0.5) is 0 Å². The lowest BCUT2D eigenvalue weighted by Gasteiger charge is -2.22. The molecular weight excluding hydrogens is 182 g/mol. The van der Waals surface area contributed by atoms with Crippen LogP contribution >= 0.6 is 0 Å². The van der Waals surface area contributed by atoms with Crippen molar-refractivity contribution in [3.63, 3.8) is 0 Å². The van der Waals surface area contributed by atoms with E-state index >= 15 is 0 Å². The molecule has 92 valence electrons. The molecule has 0 radical (unpaired) electrons. The number of hydrogen-bond acceptors (Lipinski definition) is 1. The zero-order valence-electron chi connectivity index (χ0n) is 11.6. The van der Waals surface area contributed by atoms with Crippen LogP contribution in [0.15, 0.2) is 0 Å². The van der Waals surface area contributed by atoms with Gasteiger partial charge in [-0.05, 0) is 24.3 Å². The molecule has 0 aliphatic carbocycles. The van der Waals surface area contributed by atoms with E-state index in [0.717, 1.165) is 17.8 Å². The lowest BCUT2D eigenvalue weighted by atomic mass is 9.89. The molecule has 0 amide bonds. The molecule has 1 N–H and O–H groups in total. The van der Waals surface area contributed by atoms with Gasteiger partial charge in [-0.3, -0.25) is 0 Å². The molecule has 0 aliphatic heterocycles. The minimum Gasteiger partial charge on any atom is -0.314 e. The molecule has 1 heteroatoms. The summed E-state index contributed by atoms with van der Waals surface area (Å²) in [7, 11) is 0. The Kier molecular flexibility index (Phi) is 8.13. The fourth-order valence-corrected chi connectivity index (χ4v) is 1.76. The summed E-state index contributed by atoms with van der Waals surface area (Å²) >= 11 is 0. The van der Waals surface area contributed by atoms with Gasteiger partial charge in [0.25, 0.3) is 0 Å². The Balaban J connectivity index is 3.55. The van der Waals surface area contributed by atoms with Gasteiger partial charge in [-0.25, -0.2) is 0 Å². The second-order valence-corrected chi connectivity index (χ2v) is 5.84. The topological polar surface area (TPSA) is 12.0 Å². The van der Waals surface area contributed by atoms with Crippen molar-refractivity contribution >= 4 is 0 Å². The normalized spacial score (nSPS) is 16.0. The summed E-state index contributed by atoms with van der Waals surface area (Å²) in [5.74, 6) is 2.52. The molecule has 0 rings (SSSR count). The van der Waals surface area contributed by atoms with E-state index in [4.69, 9.17) is 0 Å². The van der Waals surface area contributed by atoms with Crippen molar-refractivity contribution < 1.29 is 0 Å². The molecule has 1 nitrogen and oxygen atoms in total. The highest BCUT2D eigenvalue weighted by atomic mass is 14.9. The second kappa shape index (κ2) is 8.15. The first kappa shape index (κ1) is 15.0. The fourth-order valence-electron chi connectivity index (χ4n) is 1.76. The van der Waals surface area contributed by atoms with Gasteiger partial charge < -0.3 is 5.32 Å². The lowest BCUT2D eigenvalue weighted by molar-refractivity contribution is 0.323. The van der Waals surface area contributed by atoms with Crippen LogP contribution in [-0.2, 0) is 0 Å². The highest BCUT2D eigenvalue weighted by Crippen LogP contribution is 2.19. The largest absolute Gasteiger partial charge is 0.314 e. The van der Waals surface area contributed by atoms with Gasteiger partial charge in [0.2, 0.25) is 0 Å². The molecular formula is C14H31N. The van der Waals surface area contributed by atoms with Crippen molar-refractivity contribution in [2.24, 2.45) is 17.8 Å². The van der Waals surface area contributed by atoms with E-state index in [1.54, 1.807) is 0 Å². The van der Waals surface area contributed by atoms with Crippen LogP contribution in [0.25, 0.3) is 0 Å². The molecule has 0 saturated heterocycles. The van der Waals surface area contributed by atoms with Crippen molar-refractivity contribution in [2.45, 2.75) is 66.8 Å². The first-order valence-electron chi connectivity index (χ1n) is 6.66. The molecule has 2 unspecified atom stereocenters. The van der Waals surface area contributed by atoms with Gasteiger partial charge in [-0.2, -0.15) is 0 Å². The quantitative estimate of drug-likeness (QED) is 0.640. The monoisotopic (exact) mass is 213 g/mol. The summed E-state index contributed by atoms with van der Waals surface area (Å²) in [6, 6.07) is 0.621. The Bertz CT molecular complexity index is 140. The Morgan fingerprint density at radius 2 is 1.40 bits per heavy atom. The smallest absolute Gasteiger partial charge is 0.00104 e. The summed E-state index contributed by atoms with van der Waals surface area (Å²) < 4.78 is 0. The summed E-state index contributed by atoms with van der Waals surface area (Å²) in [5.41, 5.74) is 0. The Morgan fingerprint density at radius 1 is 0.800 bits per heavy atom. The highest BCUT2D eigenvalue weighted by Gasteiger charge is 2.12. The Hall–Kier alpha value is -0.0400. The number of nitrogens with one attached hydrogen (secondary N) is 1. The minimum atomic E-state index is 0.621. The van der Waals surface area contributed by atoms with Crippen LogP contribution < -0.4 is 5.32 Å². The minimum absolute atomic E-state index is 0.621. The van der Waals surface area contributed by atoms with Gasteiger partial charge in [0.1, 0.15) is 0 Å². The van der Waals surface area contributed by atoms with Crippen LogP contribution in [0, 0.1) is 17.8 Å². The molecule has 0 bridgehead atoms.